The van der Waals surface area contributed by atoms with Crippen LogP contribution in [0.1, 0.15) is 106 Å². The van der Waals surface area contributed by atoms with Crippen LogP contribution in [0.3, 0.4) is 0 Å². The molecule has 0 radical (unpaired) electrons. The van der Waals surface area contributed by atoms with E-state index in [1.165, 1.54) is 6.08 Å². The quantitative estimate of drug-likeness (QED) is 0.0608. The molecule has 0 fully saturated rings. The average Bonchev–Trinajstić information content (AvgIpc) is 2.97. The first-order chi connectivity index (χ1) is 19.8. The topological polar surface area (TPSA) is 138 Å². The van der Waals surface area contributed by atoms with Crippen LogP contribution < -0.4 is 0 Å². The largest absolute Gasteiger partial charge is 0.478 e. The normalized spacial score (nSPS) is 19.2. The number of aliphatic hydroxyl groups excluding tert-OH is 5. The van der Waals surface area contributed by atoms with Gasteiger partial charge in [-0.1, -0.05) is 94.2 Å². The molecule has 0 saturated carbocycles. The lowest BCUT2D eigenvalue weighted by atomic mass is 9.88. The fourth-order valence-corrected chi connectivity index (χ4v) is 4.50. The highest BCUT2D eigenvalue weighted by Gasteiger charge is 2.20. The van der Waals surface area contributed by atoms with E-state index >= 15 is 0 Å². The van der Waals surface area contributed by atoms with Crippen LogP contribution in [0.5, 0.6) is 0 Å². The van der Waals surface area contributed by atoms with E-state index in [1.807, 2.05) is 52.0 Å². The molecule has 42 heavy (non-hydrogen) atoms. The Morgan fingerprint density at radius 1 is 0.690 bits per heavy atom. The molecule has 0 aromatic rings. The summed E-state index contributed by atoms with van der Waals surface area (Å²) in [6.07, 6.45) is 18.1. The summed E-state index contributed by atoms with van der Waals surface area (Å²) in [5.41, 5.74) is 1.91. The lowest BCUT2D eigenvalue weighted by Gasteiger charge is -2.23. The van der Waals surface area contributed by atoms with Crippen LogP contribution in [0.25, 0.3) is 0 Å². The predicted octanol–water partition coefficient (Wildman–Crippen LogP) is 6.27. The summed E-state index contributed by atoms with van der Waals surface area (Å²) in [6, 6.07) is 0. The first-order valence-corrected chi connectivity index (χ1v) is 15.8. The van der Waals surface area contributed by atoms with Gasteiger partial charge in [0, 0.05) is 12.0 Å². The molecule has 0 aliphatic heterocycles. The monoisotopic (exact) mass is 592 g/mol. The van der Waals surface area contributed by atoms with Crippen LogP contribution in [0.4, 0.5) is 0 Å². The summed E-state index contributed by atoms with van der Waals surface area (Å²) in [5, 5.41) is 60.7. The van der Waals surface area contributed by atoms with Crippen molar-refractivity contribution >= 4 is 5.97 Å². The average molecular weight is 593 g/mol. The van der Waals surface area contributed by atoms with E-state index in [-0.39, 0.29) is 23.9 Å². The molecular weight excluding hydrogens is 532 g/mol. The van der Waals surface area contributed by atoms with E-state index < -0.39 is 30.4 Å². The standard InChI is InChI=1S/C35H60O7/c1-7-9-10-29(34(40)23-14-25(3)11-18-30(36)8-2)17-20-31(37)19-15-27(5)32(38)21-12-26(4)13-22-33(39)28(6)16-24-35(41)42/h11-14,16,22-24,27-34,36-40H,7-10,15,17-21H2,1-6H3,(H,41,42)/b22-13+,23-14+,24-16+,25-11+,26-12+. The highest BCUT2D eigenvalue weighted by atomic mass is 16.4. The van der Waals surface area contributed by atoms with Gasteiger partial charge in [0.1, 0.15) is 0 Å². The second-order valence-electron chi connectivity index (χ2n) is 11.9. The Hall–Kier alpha value is -2.03. The Morgan fingerprint density at radius 3 is 1.83 bits per heavy atom. The van der Waals surface area contributed by atoms with Crippen molar-refractivity contribution in [1.82, 2.24) is 0 Å². The minimum atomic E-state index is -1.05. The molecular formula is C35H60O7. The van der Waals surface area contributed by atoms with Crippen molar-refractivity contribution in [2.24, 2.45) is 17.8 Å². The van der Waals surface area contributed by atoms with Crippen molar-refractivity contribution in [2.75, 3.05) is 0 Å². The van der Waals surface area contributed by atoms with Crippen molar-refractivity contribution < 1.29 is 35.4 Å². The van der Waals surface area contributed by atoms with Crippen LogP contribution >= 0.6 is 0 Å². The molecule has 7 heteroatoms. The van der Waals surface area contributed by atoms with Crippen LogP contribution in [-0.2, 0) is 4.79 Å². The Labute approximate surface area is 255 Å². The number of carboxylic acids is 1. The van der Waals surface area contributed by atoms with Gasteiger partial charge >= 0.3 is 5.97 Å². The van der Waals surface area contributed by atoms with Gasteiger partial charge in [0.05, 0.1) is 30.5 Å². The van der Waals surface area contributed by atoms with Gasteiger partial charge in [0.25, 0.3) is 0 Å². The summed E-state index contributed by atoms with van der Waals surface area (Å²) in [4.78, 5) is 10.6. The molecule has 0 aromatic carbocycles. The van der Waals surface area contributed by atoms with Crippen molar-refractivity contribution in [1.29, 1.82) is 0 Å². The molecule has 0 aliphatic carbocycles. The summed E-state index contributed by atoms with van der Waals surface area (Å²) in [5.74, 6) is -1.30. The summed E-state index contributed by atoms with van der Waals surface area (Å²) < 4.78 is 0. The number of aliphatic hydroxyl groups is 5. The predicted molar refractivity (Wildman–Crippen MR) is 172 cm³/mol. The summed E-state index contributed by atoms with van der Waals surface area (Å²) in [6.45, 7) is 11.6. The SMILES string of the molecule is CCCCC(CCC(O)CCC(C)C(O)C/C=C(C)/C=C/C(O)C(C)/C=C/C(=O)O)C(O)/C=C/C(C)=C/CC(O)CC. The zero-order valence-corrected chi connectivity index (χ0v) is 26.9. The number of aliphatic carboxylic acids is 1. The Bertz CT molecular complexity index is 873. The summed E-state index contributed by atoms with van der Waals surface area (Å²) in [7, 11) is 0. The van der Waals surface area contributed by atoms with Gasteiger partial charge < -0.3 is 30.6 Å². The van der Waals surface area contributed by atoms with E-state index in [4.69, 9.17) is 5.11 Å². The minimum Gasteiger partial charge on any atom is -0.478 e. The van der Waals surface area contributed by atoms with Gasteiger partial charge in [0.2, 0.25) is 0 Å². The minimum absolute atomic E-state index is 0.00449. The molecule has 7 nitrogen and oxygen atoms in total. The first-order valence-electron chi connectivity index (χ1n) is 15.8. The maximum atomic E-state index is 10.8. The molecule has 0 spiro atoms. The summed E-state index contributed by atoms with van der Waals surface area (Å²) >= 11 is 0. The molecule has 0 heterocycles. The molecule has 0 amide bonds. The maximum Gasteiger partial charge on any atom is 0.327 e. The lowest BCUT2D eigenvalue weighted by Crippen LogP contribution is -2.22. The van der Waals surface area contributed by atoms with Gasteiger partial charge in [-0.3, -0.25) is 0 Å². The lowest BCUT2D eigenvalue weighted by molar-refractivity contribution is -0.131. The fourth-order valence-electron chi connectivity index (χ4n) is 4.50. The highest BCUT2D eigenvalue weighted by molar-refractivity contribution is 5.79. The van der Waals surface area contributed by atoms with Gasteiger partial charge in [-0.15, -0.1) is 0 Å². The van der Waals surface area contributed by atoms with Gasteiger partial charge in [0.15, 0.2) is 0 Å². The smallest absolute Gasteiger partial charge is 0.327 e. The number of hydrogen-bond donors (Lipinski definition) is 6. The van der Waals surface area contributed by atoms with Crippen molar-refractivity contribution in [3.8, 4) is 0 Å². The third-order valence-corrected chi connectivity index (χ3v) is 7.95. The van der Waals surface area contributed by atoms with Crippen LogP contribution in [0.2, 0.25) is 0 Å². The van der Waals surface area contributed by atoms with Crippen LogP contribution in [0.15, 0.2) is 59.8 Å². The fraction of sp³-hybridized carbons (Fsp3) is 0.686. The molecule has 8 atom stereocenters. The second-order valence-corrected chi connectivity index (χ2v) is 11.9. The second kappa shape index (κ2) is 23.4. The van der Waals surface area contributed by atoms with Crippen molar-refractivity contribution in [3.05, 3.63) is 59.8 Å². The van der Waals surface area contributed by atoms with Crippen molar-refractivity contribution in [2.45, 2.75) is 136 Å². The molecule has 0 rings (SSSR count). The number of allylic oxidation sites excluding steroid dienone is 4. The zero-order valence-electron chi connectivity index (χ0n) is 26.9. The highest BCUT2D eigenvalue weighted by Crippen LogP contribution is 2.24. The number of carbonyl (C=O) groups is 1. The van der Waals surface area contributed by atoms with E-state index in [0.29, 0.717) is 38.5 Å². The molecule has 8 unspecified atom stereocenters. The Morgan fingerprint density at radius 2 is 1.26 bits per heavy atom. The number of unbranched alkanes of at least 4 members (excludes halogenated alkanes) is 1. The maximum absolute atomic E-state index is 10.8. The number of hydrogen-bond acceptors (Lipinski definition) is 6. The van der Waals surface area contributed by atoms with Crippen LogP contribution in [-0.4, -0.2) is 67.1 Å². The third kappa shape index (κ3) is 20.0. The number of rotatable bonds is 23. The number of carboxylic acid groups (broad SMARTS) is 1. The Balaban J connectivity index is 4.74. The van der Waals surface area contributed by atoms with E-state index in [1.54, 1.807) is 19.1 Å². The van der Waals surface area contributed by atoms with Gasteiger partial charge in [-0.2, -0.15) is 0 Å². The Kier molecular flexibility index (Phi) is 22.3. The van der Waals surface area contributed by atoms with Gasteiger partial charge in [-0.05, 0) is 77.0 Å². The molecule has 0 saturated heterocycles. The van der Waals surface area contributed by atoms with Crippen molar-refractivity contribution in [3.63, 3.8) is 0 Å². The third-order valence-electron chi connectivity index (χ3n) is 7.95. The molecule has 0 bridgehead atoms. The molecule has 242 valence electrons. The van der Waals surface area contributed by atoms with Crippen LogP contribution in [0, 0.1) is 17.8 Å². The molecule has 6 N–H and O–H groups in total. The van der Waals surface area contributed by atoms with E-state index in [0.717, 1.165) is 42.9 Å². The zero-order chi connectivity index (χ0) is 32.1. The first kappa shape index (κ1) is 40.0. The van der Waals surface area contributed by atoms with Gasteiger partial charge in [-0.25, -0.2) is 4.79 Å². The van der Waals surface area contributed by atoms with E-state index in [2.05, 4.69) is 6.92 Å². The molecule has 0 aliphatic rings. The van der Waals surface area contributed by atoms with E-state index in [9.17, 15) is 30.3 Å². The molecule has 0 aromatic heterocycles.